The second-order valence-electron chi connectivity index (χ2n) is 3.28. The van der Waals surface area contributed by atoms with Crippen LogP contribution in [0.3, 0.4) is 0 Å². The van der Waals surface area contributed by atoms with Gasteiger partial charge in [-0.2, -0.15) is 5.10 Å². The molecule has 3 heteroatoms. The highest BCUT2D eigenvalue weighted by atomic mass is 15.3. The van der Waals surface area contributed by atoms with E-state index in [9.17, 15) is 0 Å². The summed E-state index contributed by atoms with van der Waals surface area (Å²) in [6.07, 6.45) is 1.64. The van der Waals surface area contributed by atoms with Crippen LogP contribution >= 0.6 is 0 Å². The Bertz CT molecular complexity index is 354. The molecule has 0 radical (unpaired) electrons. The van der Waals surface area contributed by atoms with Crippen molar-refractivity contribution >= 4 is 0 Å². The number of hydrogen-bond acceptors (Lipinski definition) is 2. The van der Waals surface area contributed by atoms with Gasteiger partial charge in [0.05, 0.1) is 17.4 Å². The van der Waals surface area contributed by atoms with Gasteiger partial charge in [0.1, 0.15) is 0 Å². The maximum Gasteiger partial charge on any atom is 0.0625 e. The molecule has 0 spiro atoms. The molecule has 76 valence electrons. The summed E-state index contributed by atoms with van der Waals surface area (Å²) in [5.41, 5.74) is 8.13. The van der Waals surface area contributed by atoms with Crippen LogP contribution in [0, 0.1) is 11.8 Å². The zero-order chi connectivity index (χ0) is 10.6. The topological polar surface area (TPSA) is 43.8 Å². The Morgan fingerprint density at radius 3 is 2.86 bits per heavy atom. The number of hydrogen-bond donors (Lipinski definition) is 1. The van der Waals surface area contributed by atoms with Crippen molar-refractivity contribution in [2.75, 3.05) is 0 Å². The van der Waals surface area contributed by atoms with Crippen molar-refractivity contribution in [1.29, 1.82) is 0 Å². The molecule has 1 unspecified atom stereocenters. The number of aryl methyl sites for hydroxylation is 2. The first kappa shape index (κ1) is 10.8. The fourth-order valence-electron chi connectivity index (χ4n) is 1.38. The van der Waals surface area contributed by atoms with Crippen LogP contribution in [0.5, 0.6) is 0 Å². The first-order valence-corrected chi connectivity index (χ1v) is 4.87. The predicted octanol–water partition coefficient (Wildman–Crippen LogP) is 1.40. The molecule has 0 aliphatic rings. The molecule has 1 aromatic heterocycles. The molecule has 0 saturated heterocycles. The van der Waals surface area contributed by atoms with Crippen molar-refractivity contribution < 1.29 is 0 Å². The molecule has 1 heterocycles. The smallest absolute Gasteiger partial charge is 0.0625 e. The Morgan fingerprint density at radius 1 is 1.64 bits per heavy atom. The highest BCUT2D eigenvalue weighted by Crippen LogP contribution is 2.14. The van der Waals surface area contributed by atoms with Crippen LogP contribution in [0.4, 0.5) is 0 Å². The lowest BCUT2D eigenvalue weighted by atomic mass is 10.1. The molecule has 0 saturated carbocycles. The lowest BCUT2D eigenvalue weighted by molar-refractivity contribution is 0.626. The molecule has 1 atom stereocenters. The van der Waals surface area contributed by atoms with Crippen LogP contribution < -0.4 is 5.73 Å². The lowest BCUT2D eigenvalue weighted by Gasteiger charge is -2.07. The first-order chi connectivity index (χ1) is 6.69. The van der Waals surface area contributed by atoms with Crippen molar-refractivity contribution in [3.63, 3.8) is 0 Å². The summed E-state index contributed by atoms with van der Waals surface area (Å²) in [7, 11) is 1.92. The molecule has 0 aliphatic heterocycles. The van der Waals surface area contributed by atoms with Gasteiger partial charge in [0.2, 0.25) is 0 Å². The SMILES string of the molecule is CC#CCC(N)c1cc(CC)nn1C. The van der Waals surface area contributed by atoms with E-state index in [4.69, 9.17) is 5.73 Å². The zero-order valence-electron chi connectivity index (χ0n) is 9.04. The lowest BCUT2D eigenvalue weighted by Crippen LogP contribution is -2.13. The van der Waals surface area contributed by atoms with Crippen molar-refractivity contribution in [1.82, 2.24) is 9.78 Å². The van der Waals surface area contributed by atoms with Gasteiger partial charge in [-0.3, -0.25) is 4.68 Å². The number of rotatable bonds is 3. The highest BCUT2D eigenvalue weighted by molar-refractivity contribution is 5.16. The molecule has 1 rings (SSSR count). The number of aromatic nitrogens is 2. The highest BCUT2D eigenvalue weighted by Gasteiger charge is 2.10. The second-order valence-corrected chi connectivity index (χ2v) is 3.28. The summed E-state index contributed by atoms with van der Waals surface area (Å²) >= 11 is 0. The minimum atomic E-state index is -0.0275. The standard InChI is InChI=1S/C11H17N3/c1-4-6-7-10(12)11-8-9(5-2)13-14(11)3/h8,10H,5,7,12H2,1-3H3. The van der Waals surface area contributed by atoms with Gasteiger partial charge in [-0.05, 0) is 19.4 Å². The average molecular weight is 191 g/mol. The maximum atomic E-state index is 5.99. The van der Waals surface area contributed by atoms with Gasteiger partial charge in [-0.1, -0.05) is 6.92 Å². The van der Waals surface area contributed by atoms with E-state index in [1.807, 2.05) is 18.7 Å². The Kier molecular flexibility index (Phi) is 3.73. The van der Waals surface area contributed by atoms with E-state index >= 15 is 0 Å². The van der Waals surface area contributed by atoms with Gasteiger partial charge < -0.3 is 5.73 Å². The van der Waals surface area contributed by atoms with Crippen molar-refractivity contribution in [3.8, 4) is 11.8 Å². The van der Waals surface area contributed by atoms with Crippen LogP contribution in [0.2, 0.25) is 0 Å². The molecule has 2 N–H and O–H groups in total. The van der Waals surface area contributed by atoms with Gasteiger partial charge in [-0.15, -0.1) is 11.8 Å². The van der Waals surface area contributed by atoms with Gasteiger partial charge >= 0.3 is 0 Å². The van der Waals surface area contributed by atoms with E-state index in [1.54, 1.807) is 0 Å². The third-order valence-corrected chi connectivity index (χ3v) is 2.21. The van der Waals surface area contributed by atoms with Crippen molar-refractivity contribution in [2.45, 2.75) is 32.7 Å². The van der Waals surface area contributed by atoms with Gasteiger partial charge in [0, 0.05) is 13.5 Å². The summed E-state index contributed by atoms with van der Waals surface area (Å²) < 4.78 is 1.85. The Hall–Kier alpha value is -1.27. The Labute approximate surface area is 85.3 Å². The first-order valence-electron chi connectivity index (χ1n) is 4.87. The summed E-state index contributed by atoms with van der Waals surface area (Å²) in [5, 5.41) is 4.35. The van der Waals surface area contributed by atoms with E-state index in [2.05, 4.69) is 29.9 Å². The van der Waals surface area contributed by atoms with E-state index in [0.29, 0.717) is 6.42 Å². The molecular weight excluding hydrogens is 174 g/mol. The van der Waals surface area contributed by atoms with E-state index in [1.165, 1.54) is 0 Å². The van der Waals surface area contributed by atoms with Crippen LogP contribution in [-0.4, -0.2) is 9.78 Å². The molecule has 1 aromatic rings. The average Bonchev–Trinajstić information content (AvgIpc) is 2.56. The van der Waals surface area contributed by atoms with Crippen LogP contribution in [-0.2, 0) is 13.5 Å². The predicted molar refractivity (Wildman–Crippen MR) is 57.6 cm³/mol. The van der Waals surface area contributed by atoms with Crippen LogP contribution in [0.1, 0.15) is 37.7 Å². The fourth-order valence-corrected chi connectivity index (χ4v) is 1.38. The van der Waals surface area contributed by atoms with Crippen LogP contribution in [0.15, 0.2) is 6.07 Å². The number of nitrogens with zero attached hydrogens (tertiary/aromatic N) is 2. The number of nitrogens with two attached hydrogens (primary N) is 1. The minimum Gasteiger partial charge on any atom is -0.322 e. The summed E-state index contributed by atoms with van der Waals surface area (Å²) in [6, 6.07) is 2.03. The van der Waals surface area contributed by atoms with E-state index in [-0.39, 0.29) is 6.04 Å². The minimum absolute atomic E-state index is 0.0275. The molecule has 0 bridgehead atoms. The summed E-state index contributed by atoms with van der Waals surface area (Å²) in [5.74, 6) is 5.83. The maximum absolute atomic E-state index is 5.99. The molecule has 14 heavy (non-hydrogen) atoms. The molecule has 0 amide bonds. The molecular formula is C11H17N3. The van der Waals surface area contributed by atoms with Crippen molar-refractivity contribution in [2.24, 2.45) is 12.8 Å². The fraction of sp³-hybridized carbons (Fsp3) is 0.545. The monoisotopic (exact) mass is 191 g/mol. The molecule has 0 aromatic carbocycles. The summed E-state index contributed by atoms with van der Waals surface area (Å²) in [4.78, 5) is 0. The quantitative estimate of drug-likeness (QED) is 0.734. The van der Waals surface area contributed by atoms with E-state index < -0.39 is 0 Å². The molecule has 0 fully saturated rings. The normalized spacial score (nSPS) is 12.0. The van der Waals surface area contributed by atoms with Gasteiger partial charge in [-0.25, -0.2) is 0 Å². The largest absolute Gasteiger partial charge is 0.322 e. The van der Waals surface area contributed by atoms with E-state index in [0.717, 1.165) is 17.8 Å². The molecule has 3 nitrogen and oxygen atoms in total. The molecule has 0 aliphatic carbocycles. The van der Waals surface area contributed by atoms with Gasteiger partial charge in [0.25, 0.3) is 0 Å². The Balaban J connectivity index is 2.81. The second kappa shape index (κ2) is 4.83. The zero-order valence-corrected chi connectivity index (χ0v) is 9.04. The third kappa shape index (κ3) is 2.36. The third-order valence-electron chi connectivity index (χ3n) is 2.21. The Morgan fingerprint density at radius 2 is 2.36 bits per heavy atom. The van der Waals surface area contributed by atoms with Crippen molar-refractivity contribution in [3.05, 3.63) is 17.5 Å². The van der Waals surface area contributed by atoms with Crippen LogP contribution in [0.25, 0.3) is 0 Å². The van der Waals surface area contributed by atoms with Gasteiger partial charge in [0.15, 0.2) is 0 Å². The summed E-state index contributed by atoms with van der Waals surface area (Å²) in [6.45, 7) is 3.91.